The average Bonchev–Trinajstić information content (AvgIpc) is 4.15. The van der Waals surface area contributed by atoms with Crippen LogP contribution in [-0.2, 0) is 35.4 Å². The Balaban J connectivity index is 0.000000834. The molecular formula is C55H67FN8O2. The quantitative estimate of drug-likeness (QED) is 0.0938. The Labute approximate surface area is 391 Å². The number of carbonyl (C=O) groups is 2. The van der Waals surface area contributed by atoms with Crippen molar-refractivity contribution in [3.05, 3.63) is 143 Å². The molecule has 66 heavy (non-hydrogen) atoms. The summed E-state index contributed by atoms with van der Waals surface area (Å²) >= 11 is 0. The molecule has 0 unspecified atom stereocenters. The molecule has 3 heterocycles. The number of hydrogen-bond donors (Lipinski definition) is 2. The maximum Gasteiger partial charge on any atom is 0.245 e. The number of halogens is 1. The van der Waals surface area contributed by atoms with Crippen molar-refractivity contribution >= 4 is 11.8 Å². The number of fused-ring (bicyclic) bond motifs is 3. The zero-order chi connectivity index (χ0) is 47.2. The van der Waals surface area contributed by atoms with Gasteiger partial charge < -0.3 is 24.7 Å². The number of aryl methyl sites for hydroxylation is 2. The molecule has 2 aromatic heterocycles. The number of nitrogens with one attached hydrogen (secondary N) is 2. The third-order valence-corrected chi connectivity index (χ3v) is 12.9. The summed E-state index contributed by atoms with van der Waals surface area (Å²) in [6.07, 6.45) is 14.2. The number of likely N-dealkylation sites (N-methyl/N-ethyl adjacent to an activating group) is 1. The van der Waals surface area contributed by atoms with Crippen molar-refractivity contribution in [1.82, 2.24) is 39.5 Å². The average molecular weight is 891 g/mol. The lowest BCUT2D eigenvalue weighted by Crippen LogP contribution is -2.43. The maximum absolute atomic E-state index is 15.8. The minimum absolute atomic E-state index is 0.0334. The largest absolute Gasteiger partial charge is 0.344 e. The molecule has 1 aliphatic heterocycles. The molecule has 346 valence electrons. The van der Waals surface area contributed by atoms with Crippen molar-refractivity contribution < 1.29 is 14.0 Å². The lowest BCUT2D eigenvalue weighted by atomic mass is 9.89. The van der Waals surface area contributed by atoms with Crippen LogP contribution < -0.4 is 0 Å². The topological polar surface area (TPSA) is 104 Å². The van der Waals surface area contributed by atoms with Gasteiger partial charge in [0.2, 0.25) is 11.8 Å². The predicted molar refractivity (Wildman–Crippen MR) is 265 cm³/mol. The number of H-pyrrole nitrogens is 2. The molecule has 2 N–H and O–H groups in total. The van der Waals surface area contributed by atoms with Gasteiger partial charge in [-0.05, 0) is 105 Å². The fraction of sp³-hybridized carbons (Fsp3) is 0.382. The van der Waals surface area contributed by atoms with Crippen molar-refractivity contribution in [3.63, 3.8) is 0 Å². The number of carbonyl (C=O) groups excluding carboxylic acids is 2. The van der Waals surface area contributed by atoms with E-state index in [0.29, 0.717) is 43.1 Å². The van der Waals surface area contributed by atoms with Crippen LogP contribution in [0.5, 0.6) is 0 Å². The lowest BCUT2D eigenvalue weighted by molar-refractivity contribution is -0.138. The van der Waals surface area contributed by atoms with Crippen LogP contribution in [0.25, 0.3) is 33.6 Å². The molecule has 4 aromatic carbocycles. The highest BCUT2D eigenvalue weighted by atomic mass is 19.1. The van der Waals surface area contributed by atoms with Crippen LogP contribution >= 0.6 is 0 Å². The molecule has 2 amide bonds. The second kappa shape index (κ2) is 23.7. The molecule has 6 aromatic rings. The van der Waals surface area contributed by atoms with Gasteiger partial charge in [0, 0.05) is 29.9 Å². The van der Waals surface area contributed by atoms with E-state index >= 15 is 4.39 Å². The number of aromatic nitrogens is 4. The van der Waals surface area contributed by atoms with Crippen LogP contribution in [0.1, 0.15) is 100.0 Å². The Kier molecular flexibility index (Phi) is 17.6. The number of benzene rings is 4. The van der Waals surface area contributed by atoms with Gasteiger partial charge in [0.05, 0.1) is 36.6 Å². The van der Waals surface area contributed by atoms with Crippen molar-refractivity contribution in [3.8, 4) is 46.5 Å². The normalized spacial score (nSPS) is 14.4. The van der Waals surface area contributed by atoms with Gasteiger partial charge in [-0.25, -0.2) is 14.4 Å². The Morgan fingerprint density at radius 1 is 0.833 bits per heavy atom. The van der Waals surface area contributed by atoms with Gasteiger partial charge in [-0.15, -0.1) is 12.8 Å². The number of nitrogens with zero attached hydrogens (tertiary/aromatic N) is 6. The molecule has 1 aliphatic carbocycles. The molecule has 10 nitrogen and oxygen atoms in total. The molecular weight excluding hydrogens is 824 g/mol. The summed E-state index contributed by atoms with van der Waals surface area (Å²) in [5, 5.41) is 0. The van der Waals surface area contributed by atoms with Crippen LogP contribution in [0, 0.1) is 18.7 Å². The maximum atomic E-state index is 15.8. The molecule has 2 aliphatic rings. The molecule has 1 fully saturated rings. The number of rotatable bonds is 16. The summed E-state index contributed by atoms with van der Waals surface area (Å²) < 4.78 is 15.8. The number of imidazole rings is 2. The molecule has 0 bridgehead atoms. The van der Waals surface area contributed by atoms with E-state index in [4.69, 9.17) is 4.98 Å². The first-order valence-electron chi connectivity index (χ1n) is 23.6. The zero-order valence-corrected chi connectivity index (χ0v) is 39.7. The van der Waals surface area contributed by atoms with Crippen LogP contribution in [0.15, 0.2) is 103 Å². The Bertz CT molecular complexity index is 2510. The van der Waals surface area contributed by atoms with Crippen molar-refractivity contribution in [2.45, 2.75) is 91.8 Å². The van der Waals surface area contributed by atoms with E-state index in [1.807, 2.05) is 72.5 Å². The number of terminal acetylenes is 1. The van der Waals surface area contributed by atoms with E-state index in [-0.39, 0.29) is 29.7 Å². The molecule has 0 radical (unpaired) electrons. The fourth-order valence-corrected chi connectivity index (χ4v) is 9.01. The van der Waals surface area contributed by atoms with Crippen LogP contribution in [0.2, 0.25) is 0 Å². The zero-order valence-electron chi connectivity index (χ0n) is 39.7. The molecule has 0 saturated carbocycles. The van der Waals surface area contributed by atoms with Gasteiger partial charge in [0.25, 0.3) is 0 Å². The van der Waals surface area contributed by atoms with E-state index in [2.05, 4.69) is 96.6 Å². The van der Waals surface area contributed by atoms with Gasteiger partial charge in [-0.2, -0.15) is 0 Å². The van der Waals surface area contributed by atoms with E-state index < -0.39 is 0 Å². The number of aromatic amines is 2. The third-order valence-electron chi connectivity index (χ3n) is 12.9. The summed E-state index contributed by atoms with van der Waals surface area (Å²) in [6, 6.07) is 31.0. The lowest BCUT2D eigenvalue weighted by Gasteiger charge is -2.34. The second-order valence-corrected chi connectivity index (χ2v) is 16.9. The number of amides is 2. The molecule has 2 atom stereocenters. The highest BCUT2D eigenvalue weighted by Crippen LogP contribution is 2.40. The van der Waals surface area contributed by atoms with E-state index in [1.165, 1.54) is 5.56 Å². The van der Waals surface area contributed by atoms with Crippen molar-refractivity contribution in [2.24, 2.45) is 0 Å². The minimum atomic E-state index is -0.346. The van der Waals surface area contributed by atoms with Crippen LogP contribution in [-0.4, -0.2) is 97.7 Å². The fourth-order valence-electron chi connectivity index (χ4n) is 9.01. The smallest absolute Gasteiger partial charge is 0.245 e. The molecule has 8 rings (SSSR count). The third kappa shape index (κ3) is 11.5. The molecule has 1 saturated heterocycles. The monoisotopic (exact) mass is 891 g/mol. The summed E-state index contributed by atoms with van der Waals surface area (Å²) in [7, 11) is 2.11. The van der Waals surface area contributed by atoms with Crippen molar-refractivity contribution in [2.75, 3.05) is 46.3 Å². The second-order valence-electron chi connectivity index (χ2n) is 16.9. The van der Waals surface area contributed by atoms with E-state index in [9.17, 15) is 9.59 Å². The standard InChI is InChI=1S/C48H52FN7O2.C5H13N.C2H2/c1-4-25-55(44(57)27-32-14-9-7-10-15-32)31-43-50-30-41(51-43)38-23-20-35(29-39(38)49)34-19-22-37-36(28-34)21-24-40-45(37)53-47(52-40)42-18-13-26-56(42)48(58)46(54(5-2)6-3)33-16-11-8-12-17-33;1-4-6(3)5-2;1-2/h7-12,14-17,19-20,22-23,28-30,42,46H,4-6,13,18,21,24-27,31H2,1-3H3,(H,50,51)(H,52,53);4-5H2,1-3H3;1-2H/t42-,46+;;/m0../s1. The molecule has 0 spiro atoms. The first-order chi connectivity index (χ1) is 32.2. The van der Waals surface area contributed by atoms with Gasteiger partial charge in [-0.1, -0.05) is 120 Å². The number of likely N-dealkylation sites (tertiary alicyclic amines) is 1. The van der Waals surface area contributed by atoms with Crippen LogP contribution in [0.4, 0.5) is 4.39 Å². The van der Waals surface area contributed by atoms with Crippen molar-refractivity contribution in [1.29, 1.82) is 0 Å². The first kappa shape index (κ1) is 49.1. The highest BCUT2D eigenvalue weighted by Gasteiger charge is 2.39. The van der Waals surface area contributed by atoms with E-state index in [0.717, 1.165) is 103 Å². The Hall–Kier alpha value is -6.35. The number of hydrogen-bond acceptors (Lipinski definition) is 6. The van der Waals surface area contributed by atoms with Crippen LogP contribution in [0.3, 0.4) is 0 Å². The van der Waals surface area contributed by atoms with E-state index in [1.54, 1.807) is 23.2 Å². The summed E-state index contributed by atoms with van der Waals surface area (Å²) in [5.74, 6) is 1.29. The first-order valence-corrected chi connectivity index (χ1v) is 23.6. The van der Waals surface area contributed by atoms with Gasteiger partial charge in [0.15, 0.2) is 0 Å². The highest BCUT2D eigenvalue weighted by molar-refractivity contribution is 5.84. The Morgan fingerprint density at radius 2 is 1.50 bits per heavy atom. The summed E-state index contributed by atoms with van der Waals surface area (Å²) in [6.45, 7) is 16.1. The minimum Gasteiger partial charge on any atom is -0.344 e. The summed E-state index contributed by atoms with van der Waals surface area (Å²) in [5.41, 5.74) is 9.03. The predicted octanol–water partition coefficient (Wildman–Crippen LogP) is 10.3. The Morgan fingerprint density at radius 3 is 2.14 bits per heavy atom. The summed E-state index contributed by atoms with van der Waals surface area (Å²) in [4.78, 5) is 52.5. The molecule has 11 heteroatoms. The van der Waals surface area contributed by atoms with Gasteiger partial charge >= 0.3 is 0 Å². The van der Waals surface area contributed by atoms with Gasteiger partial charge in [-0.3, -0.25) is 14.5 Å². The van der Waals surface area contributed by atoms with Gasteiger partial charge in [0.1, 0.15) is 23.5 Å². The SMILES string of the molecule is C#C.CCCN(Cc1ncc(-c2ccc(-c3ccc4c(c3)CCc3[nH]c([C@@H]5CCCN5C(=O)[C@@H](c5ccccc5)N(CC)CC)nc3-4)cc2F)[nH]1)C(=O)Cc1ccccc1.CCN(C)CC.